The summed E-state index contributed by atoms with van der Waals surface area (Å²) in [7, 11) is 0. The number of hydrogen-bond donors (Lipinski definition) is 1. The molecule has 0 aromatic heterocycles. The van der Waals surface area contributed by atoms with Crippen molar-refractivity contribution in [2.45, 2.75) is 25.7 Å². The summed E-state index contributed by atoms with van der Waals surface area (Å²) in [5, 5.41) is 0. The lowest BCUT2D eigenvalue weighted by molar-refractivity contribution is 0.649. The second-order valence-corrected chi connectivity index (χ2v) is 1.95. The Balaban J connectivity index is 2.53. The fourth-order valence-corrected chi connectivity index (χ4v) is 0.623. The molecule has 0 heterocycles. The molecule has 0 aliphatic carbocycles. The molecule has 0 fully saturated rings. The van der Waals surface area contributed by atoms with Crippen LogP contribution in [0.15, 0.2) is 0 Å². The number of nitrogens with one attached hydrogen (secondary N) is 1. The first-order valence-corrected chi connectivity index (χ1v) is 3.26. The molecule has 0 aromatic carbocycles. The zero-order valence-corrected chi connectivity index (χ0v) is 5.32. The van der Waals surface area contributed by atoms with Crippen molar-refractivity contribution in [2.24, 2.45) is 5.73 Å². The van der Waals surface area contributed by atoms with Gasteiger partial charge in [0.2, 0.25) is 0 Å². The molecular weight excluding hydrogens is 100 g/mol. The first kappa shape index (κ1) is 7.92. The smallest absolute Gasteiger partial charge is 0.00997 e. The lowest BCUT2D eigenvalue weighted by atomic mass is 10.2. The average Bonchev–Trinajstić information content (AvgIpc) is 1.81. The van der Waals surface area contributed by atoms with Gasteiger partial charge in [-0.1, -0.05) is 12.8 Å². The first-order chi connectivity index (χ1) is 3.91. The highest BCUT2D eigenvalue weighted by Crippen LogP contribution is 1.95. The van der Waals surface area contributed by atoms with E-state index >= 15 is 0 Å². The van der Waals surface area contributed by atoms with Crippen LogP contribution in [0.4, 0.5) is 0 Å². The van der Waals surface area contributed by atoms with Gasteiger partial charge in [0, 0.05) is 6.54 Å². The van der Waals surface area contributed by atoms with Crippen LogP contribution >= 0.6 is 0 Å². The van der Waals surface area contributed by atoms with E-state index in [1.165, 1.54) is 12.8 Å². The maximum atomic E-state index is 6.81. The molecule has 0 atom stereocenters. The molecule has 0 aromatic rings. The fourth-order valence-electron chi connectivity index (χ4n) is 0.623. The number of nitrogens with two attached hydrogens (primary N) is 1. The Hall–Kier alpha value is -0.0800. The van der Waals surface area contributed by atoms with E-state index < -0.39 is 0 Å². The van der Waals surface area contributed by atoms with Gasteiger partial charge in [0.1, 0.15) is 0 Å². The summed E-state index contributed by atoms with van der Waals surface area (Å²) in [4.78, 5) is 0. The number of unbranched alkanes of at least 4 members (excludes halogenated alkanes) is 3. The zero-order chi connectivity index (χ0) is 6.24. The van der Waals surface area contributed by atoms with Gasteiger partial charge >= 0.3 is 0 Å². The number of hydrogen-bond acceptors (Lipinski definition) is 1. The summed E-state index contributed by atoms with van der Waals surface area (Å²) < 4.78 is 0. The third-order valence-electron chi connectivity index (χ3n) is 1.13. The minimum atomic E-state index is 0.574. The Morgan fingerprint density at radius 1 is 1.00 bits per heavy atom. The highest BCUT2D eigenvalue weighted by atomic mass is 14.5. The van der Waals surface area contributed by atoms with Gasteiger partial charge in [-0.3, -0.25) is 5.73 Å². The molecule has 0 unspecified atom stereocenters. The molecule has 0 aliphatic heterocycles. The molecule has 2 nitrogen and oxygen atoms in total. The Labute approximate surface area is 51.2 Å². The minimum absolute atomic E-state index is 0.574. The maximum absolute atomic E-state index is 6.81. The monoisotopic (exact) mass is 115 g/mol. The lowest BCUT2D eigenvalue weighted by Gasteiger charge is -1.93. The molecule has 3 N–H and O–H groups in total. The van der Waals surface area contributed by atoms with Crippen LogP contribution in [0.25, 0.3) is 0 Å². The van der Waals surface area contributed by atoms with Gasteiger partial charge in [0.05, 0.1) is 0 Å². The Bertz CT molecular complexity index is 31.5. The highest BCUT2D eigenvalue weighted by Gasteiger charge is 1.83. The summed E-state index contributed by atoms with van der Waals surface area (Å²) >= 11 is 0. The molecular formula is C6H15N2. The van der Waals surface area contributed by atoms with Crippen LogP contribution in [0.1, 0.15) is 25.7 Å². The van der Waals surface area contributed by atoms with Gasteiger partial charge in [-0.05, 0) is 19.4 Å². The van der Waals surface area contributed by atoms with E-state index in [0.717, 1.165) is 19.4 Å². The Kier molecular flexibility index (Phi) is 6.85. The third kappa shape index (κ3) is 5.92. The minimum Gasteiger partial charge on any atom is -0.330 e. The van der Waals surface area contributed by atoms with Crippen molar-refractivity contribution in [3.05, 3.63) is 0 Å². The van der Waals surface area contributed by atoms with Crippen LogP contribution in [-0.2, 0) is 0 Å². The van der Waals surface area contributed by atoms with Crippen molar-refractivity contribution < 1.29 is 0 Å². The molecule has 49 valence electrons. The average molecular weight is 115 g/mol. The quantitative estimate of drug-likeness (QED) is 0.529. The second-order valence-electron chi connectivity index (χ2n) is 1.95. The summed E-state index contributed by atoms with van der Waals surface area (Å²) in [5.74, 6) is 0. The molecule has 8 heavy (non-hydrogen) atoms. The second kappa shape index (κ2) is 6.92. The topological polar surface area (TPSA) is 49.8 Å². The van der Waals surface area contributed by atoms with Crippen LogP contribution < -0.4 is 11.5 Å². The zero-order valence-electron chi connectivity index (χ0n) is 5.32. The van der Waals surface area contributed by atoms with Crippen LogP contribution in [0.5, 0.6) is 0 Å². The van der Waals surface area contributed by atoms with Crippen molar-refractivity contribution in [3.63, 3.8) is 0 Å². The third-order valence-corrected chi connectivity index (χ3v) is 1.13. The van der Waals surface area contributed by atoms with Crippen molar-refractivity contribution in [1.82, 2.24) is 5.73 Å². The Morgan fingerprint density at radius 3 is 2.12 bits per heavy atom. The van der Waals surface area contributed by atoms with Crippen LogP contribution in [0.2, 0.25) is 0 Å². The van der Waals surface area contributed by atoms with E-state index in [9.17, 15) is 0 Å². The standard InChI is InChI=1S/C6H15N2/c7-5-3-1-2-4-6-8/h7H,1-6,8H2. The molecule has 0 spiro atoms. The molecule has 1 radical (unpaired) electrons. The Morgan fingerprint density at radius 2 is 1.62 bits per heavy atom. The van der Waals surface area contributed by atoms with Crippen LogP contribution in [0, 0.1) is 0 Å². The van der Waals surface area contributed by atoms with E-state index in [1.807, 2.05) is 0 Å². The number of rotatable bonds is 5. The lowest BCUT2D eigenvalue weighted by Crippen LogP contribution is -1.97. The molecule has 0 amide bonds. The molecule has 0 bridgehead atoms. The summed E-state index contributed by atoms with van der Waals surface area (Å²) in [5.41, 5.74) is 12.1. The van der Waals surface area contributed by atoms with Crippen molar-refractivity contribution in [3.8, 4) is 0 Å². The van der Waals surface area contributed by atoms with Gasteiger partial charge < -0.3 is 5.73 Å². The van der Waals surface area contributed by atoms with E-state index in [2.05, 4.69) is 0 Å². The van der Waals surface area contributed by atoms with Gasteiger partial charge in [-0.2, -0.15) is 0 Å². The van der Waals surface area contributed by atoms with Crippen molar-refractivity contribution in [2.75, 3.05) is 13.1 Å². The van der Waals surface area contributed by atoms with Gasteiger partial charge in [0.15, 0.2) is 0 Å². The van der Waals surface area contributed by atoms with Crippen molar-refractivity contribution in [1.29, 1.82) is 0 Å². The highest BCUT2D eigenvalue weighted by molar-refractivity contribution is 4.42. The maximum Gasteiger partial charge on any atom is 0.00997 e. The van der Waals surface area contributed by atoms with E-state index in [0.29, 0.717) is 6.54 Å². The first-order valence-electron chi connectivity index (χ1n) is 3.26. The molecule has 0 aliphatic rings. The molecule has 0 saturated heterocycles. The van der Waals surface area contributed by atoms with Gasteiger partial charge in [-0.25, -0.2) is 0 Å². The van der Waals surface area contributed by atoms with Crippen LogP contribution in [0.3, 0.4) is 0 Å². The van der Waals surface area contributed by atoms with Gasteiger partial charge in [0.25, 0.3) is 0 Å². The molecule has 2 heteroatoms. The summed E-state index contributed by atoms with van der Waals surface area (Å²) in [6, 6.07) is 0. The van der Waals surface area contributed by atoms with Gasteiger partial charge in [-0.15, -0.1) is 0 Å². The van der Waals surface area contributed by atoms with Crippen molar-refractivity contribution >= 4 is 0 Å². The largest absolute Gasteiger partial charge is 0.330 e. The normalized spacial score (nSPS) is 9.75. The van der Waals surface area contributed by atoms with Crippen LogP contribution in [-0.4, -0.2) is 13.1 Å². The summed E-state index contributed by atoms with van der Waals surface area (Å²) in [6.45, 7) is 1.38. The van der Waals surface area contributed by atoms with E-state index in [-0.39, 0.29) is 0 Å². The van der Waals surface area contributed by atoms with E-state index in [4.69, 9.17) is 11.5 Å². The predicted octanol–water partition coefficient (Wildman–Crippen LogP) is 0.788. The fraction of sp³-hybridized carbons (Fsp3) is 1.00. The SMILES string of the molecule is [NH]CCCCCCN. The predicted molar refractivity (Wildman–Crippen MR) is 35.5 cm³/mol. The molecule has 0 rings (SSSR count). The summed E-state index contributed by atoms with van der Waals surface area (Å²) in [6.07, 6.45) is 4.55. The van der Waals surface area contributed by atoms with E-state index in [1.54, 1.807) is 0 Å². The molecule has 0 saturated carbocycles.